The number of halogens is 2. The molecule has 0 bridgehead atoms. The van der Waals surface area contributed by atoms with Crippen molar-refractivity contribution in [3.05, 3.63) is 69.7 Å². The molecule has 0 saturated carbocycles. The van der Waals surface area contributed by atoms with E-state index in [1.807, 2.05) is 48.5 Å². The summed E-state index contributed by atoms with van der Waals surface area (Å²) in [4.78, 5) is 10.2. The first kappa shape index (κ1) is 13.4. The first-order valence-electron chi connectivity index (χ1n) is 5.48. The molecule has 2 nitrogen and oxygen atoms in total. The molecule has 0 amide bonds. The second kappa shape index (κ2) is 6.76. The van der Waals surface area contributed by atoms with Crippen molar-refractivity contribution in [1.29, 1.82) is 0 Å². The maximum Gasteiger partial charge on any atom is 0.109 e. The second-order valence-corrected chi connectivity index (χ2v) is 4.52. The molecule has 2 aromatic carbocycles. The second-order valence-electron chi connectivity index (χ2n) is 3.71. The zero-order chi connectivity index (χ0) is 12.8. The minimum Gasteiger partial charge on any atom is -0.232 e. The van der Waals surface area contributed by atoms with E-state index in [2.05, 4.69) is 0 Å². The Morgan fingerprint density at radius 1 is 0.667 bits per heavy atom. The van der Waals surface area contributed by atoms with Gasteiger partial charge >= 0.3 is 0 Å². The SMILES string of the molecule is Clc1ccccc1COOCc1ccccc1Cl. The zero-order valence-electron chi connectivity index (χ0n) is 9.61. The summed E-state index contributed by atoms with van der Waals surface area (Å²) in [5, 5.41) is 1.33. The standard InChI is InChI=1S/C14H12Cl2O2/c15-13-7-3-1-5-11(13)9-17-18-10-12-6-2-4-8-14(12)16/h1-8H,9-10H2. The lowest BCUT2D eigenvalue weighted by Gasteiger charge is -2.06. The highest BCUT2D eigenvalue weighted by atomic mass is 35.5. The maximum atomic E-state index is 5.99. The molecule has 0 aliphatic heterocycles. The molecule has 0 N–H and O–H groups in total. The molecule has 0 unspecified atom stereocenters. The molecule has 18 heavy (non-hydrogen) atoms. The summed E-state index contributed by atoms with van der Waals surface area (Å²) in [6.07, 6.45) is 0. The molecular formula is C14H12Cl2O2. The Morgan fingerprint density at radius 3 is 1.44 bits per heavy atom. The first-order chi connectivity index (χ1) is 8.77. The fourth-order valence-electron chi connectivity index (χ4n) is 1.44. The normalized spacial score (nSPS) is 10.6. The van der Waals surface area contributed by atoms with E-state index in [-0.39, 0.29) is 0 Å². The molecule has 0 aliphatic carbocycles. The predicted octanol–water partition coefficient (Wildman–Crippen LogP) is 4.64. The minimum absolute atomic E-state index is 0.310. The molecule has 94 valence electrons. The molecule has 0 spiro atoms. The van der Waals surface area contributed by atoms with Gasteiger partial charge in [-0.2, -0.15) is 0 Å². The average Bonchev–Trinajstić information content (AvgIpc) is 2.38. The summed E-state index contributed by atoms with van der Waals surface area (Å²) >= 11 is 12.0. The molecular weight excluding hydrogens is 271 g/mol. The molecule has 0 aromatic heterocycles. The molecule has 0 atom stereocenters. The van der Waals surface area contributed by atoms with E-state index in [4.69, 9.17) is 33.0 Å². The fourth-order valence-corrected chi connectivity index (χ4v) is 1.82. The summed E-state index contributed by atoms with van der Waals surface area (Å²) in [6, 6.07) is 15.0. The third-order valence-electron chi connectivity index (χ3n) is 2.43. The quantitative estimate of drug-likeness (QED) is 0.452. The van der Waals surface area contributed by atoms with Crippen molar-refractivity contribution in [2.24, 2.45) is 0 Å². The molecule has 0 saturated heterocycles. The number of hydrogen-bond donors (Lipinski definition) is 0. The van der Waals surface area contributed by atoms with Gasteiger partial charge in [0.1, 0.15) is 13.2 Å². The van der Waals surface area contributed by atoms with Gasteiger partial charge in [0.2, 0.25) is 0 Å². The van der Waals surface area contributed by atoms with Crippen LogP contribution in [0.15, 0.2) is 48.5 Å². The van der Waals surface area contributed by atoms with Gasteiger partial charge in [-0.1, -0.05) is 59.6 Å². The van der Waals surface area contributed by atoms with Gasteiger partial charge < -0.3 is 0 Å². The van der Waals surface area contributed by atoms with E-state index >= 15 is 0 Å². The van der Waals surface area contributed by atoms with E-state index in [0.29, 0.717) is 23.3 Å². The lowest BCUT2D eigenvalue weighted by atomic mass is 10.2. The van der Waals surface area contributed by atoms with E-state index in [1.165, 1.54) is 0 Å². The molecule has 0 fully saturated rings. The highest BCUT2D eigenvalue weighted by molar-refractivity contribution is 6.31. The third kappa shape index (κ3) is 3.72. The summed E-state index contributed by atoms with van der Waals surface area (Å²) in [6.45, 7) is 0.619. The van der Waals surface area contributed by atoms with Crippen molar-refractivity contribution >= 4 is 23.2 Å². The summed E-state index contributed by atoms with van der Waals surface area (Å²) < 4.78 is 0. The van der Waals surface area contributed by atoms with Crippen LogP contribution in [0.4, 0.5) is 0 Å². The smallest absolute Gasteiger partial charge is 0.109 e. The van der Waals surface area contributed by atoms with Crippen molar-refractivity contribution in [3.8, 4) is 0 Å². The lowest BCUT2D eigenvalue weighted by Crippen LogP contribution is -1.97. The van der Waals surface area contributed by atoms with Gasteiger partial charge in [-0.05, 0) is 23.3 Å². The largest absolute Gasteiger partial charge is 0.232 e. The van der Waals surface area contributed by atoms with Crippen LogP contribution in [0.3, 0.4) is 0 Å². The molecule has 2 rings (SSSR count). The maximum absolute atomic E-state index is 5.99. The molecule has 0 heterocycles. The Hall–Kier alpha value is -1.06. The van der Waals surface area contributed by atoms with Gasteiger partial charge in [0.05, 0.1) is 0 Å². The van der Waals surface area contributed by atoms with Crippen LogP contribution in [-0.2, 0) is 23.0 Å². The third-order valence-corrected chi connectivity index (χ3v) is 3.17. The van der Waals surface area contributed by atoms with Gasteiger partial charge in [-0.25, -0.2) is 9.78 Å². The van der Waals surface area contributed by atoms with Crippen LogP contribution in [0.5, 0.6) is 0 Å². The average molecular weight is 283 g/mol. The Bertz CT molecular complexity index is 467. The first-order valence-corrected chi connectivity index (χ1v) is 6.24. The fraction of sp³-hybridized carbons (Fsp3) is 0.143. The molecule has 0 radical (unpaired) electrons. The van der Waals surface area contributed by atoms with Gasteiger partial charge in [0.15, 0.2) is 0 Å². The Labute approximate surface area is 116 Å². The van der Waals surface area contributed by atoms with E-state index in [1.54, 1.807) is 0 Å². The Morgan fingerprint density at radius 2 is 1.06 bits per heavy atom. The molecule has 0 aliphatic rings. The van der Waals surface area contributed by atoms with Crippen LogP contribution in [0.2, 0.25) is 10.0 Å². The number of benzene rings is 2. The van der Waals surface area contributed by atoms with Crippen molar-refractivity contribution in [1.82, 2.24) is 0 Å². The van der Waals surface area contributed by atoms with Gasteiger partial charge in [-0.15, -0.1) is 0 Å². The van der Waals surface area contributed by atoms with Gasteiger partial charge in [-0.3, -0.25) is 0 Å². The summed E-state index contributed by atoms with van der Waals surface area (Å²) in [5.74, 6) is 0. The summed E-state index contributed by atoms with van der Waals surface area (Å²) in [5.41, 5.74) is 1.77. The monoisotopic (exact) mass is 282 g/mol. The summed E-state index contributed by atoms with van der Waals surface area (Å²) in [7, 11) is 0. The molecule has 2 aromatic rings. The van der Waals surface area contributed by atoms with Crippen molar-refractivity contribution < 1.29 is 9.78 Å². The van der Waals surface area contributed by atoms with Crippen LogP contribution in [0, 0.1) is 0 Å². The van der Waals surface area contributed by atoms with Crippen molar-refractivity contribution in [2.45, 2.75) is 13.2 Å². The van der Waals surface area contributed by atoms with Gasteiger partial charge in [0, 0.05) is 10.0 Å². The Balaban J connectivity index is 1.80. The van der Waals surface area contributed by atoms with E-state index in [0.717, 1.165) is 11.1 Å². The van der Waals surface area contributed by atoms with Crippen molar-refractivity contribution in [3.63, 3.8) is 0 Å². The molecule has 4 heteroatoms. The van der Waals surface area contributed by atoms with Crippen LogP contribution in [-0.4, -0.2) is 0 Å². The van der Waals surface area contributed by atoms with Crippen molar-refractivity contribution in [2.75, 3.05) is 0 Å². The van der Waals surface area contributed by atoms with E-state index < -0.39 is 0 Å². The van der Waals surface area contributed by atoms with Crippen LogP contribution in [0.1, 0.15) is 11.1 Å². The van der Waals surface area contributed by atoms with Crippen LogP contribution in [0.25, 0.3) is 0 Å². The van der Waals surface area contributed by atoms with E-state index in [9.17, 15) is 0 Å². The van der Waals surface area contributed by atoms with Crippen LogP contribution >= 0.6 is 23.2 Å². The Kier molecular flexibility index (Phi) is 5.02. The number of rotatable bonds is 5. The highest BCUT2D eigenvalue weighted by Crippen LogP contribution is 2.18. The highest BCUT2D eigenvalue weighted by Gasteiger charge is 2.01. The predicted molar refractivity (Wildman–Crippen MR) is 72.5 cm³/mol. The van der Waals surface area contributed by atoms with Gasteiger partial charge in [0.25, 0.3) is 0 Å². The minimum atomic E-state index is 0.310. The zero-order valence-corrected chi connectivity index (χ0v) is 11.1. The lowest BCUT2D eigenvalue weighted by molar-refractivity contribution is -0.313. The number of hydrogen-bond acceptors (Lipinski definition) is 2. The van der Waals surface area contributed by atoms with Crippen LogP contribution < -0.4 is 0 Å². The topological polar surface area (TPSA) is 18.5 Å².